The van der Waals surface area contributed by atoms with E-state index in [9.17, 15) is 4.79 Å². The molecule has 0 aliphatic heterocycles. The van der Waals surface area contributed by atoms with Crippen LogP contribution in [-0.4, -0.2) is 35.0 Å². The van der Waals surface area contributed by atoms with Gasteiger partial charge in [0.2, 0.25) is 0 Å². The van der Waals surface area contributed by atoms with Crippen LogP contribution in [0, 0.1) is 0 Å². The standard InChI is InChI=1S/C24H24N2O4/c1-2-23(20-10-8-19(9-11-20)21-6-4-12-25-17-21)26-30-14-13-29-22-7-3-5-18(15-22)16-24(27)28/h3-12,15,17H,2,13-14,16H2,1H3,(H,27,28)/b26-23+. The van der Waals surface area contributed by atoms with Crippen LogP contribution in [0.1, 0.15) is 24.5 Å². The van der Waals surface area contributed by atoms with Crippen LogP contribution in [0.5, 0.6) is 5.75 Å². The number of carbonyl (C=O) groups is 1. The molecular formula is C24H24N2O4. The van der Waals surface area contributed by atoms with E-state index in [1.54, 1.807) is 30.5 Å². The average molecular weight is 404 g/mol. The Hall–Kier alpha value is -3.67. The Morgan fingerprint density at radius 2 is 1.87 bits per heavy atom. The monoisotopic (exact) mass is 404 g/mol. The lowest BCUT2D eigenvalue weighted by molar-refractivity contribution is -0.136. The molecule has 154 valence electrons. The molecule has 0 radical (unpaired) electrons. The summed E-state index contributed by atoms with van der Waals surface area (Å²) in [5, 5.41) is 13.1. The predicted molar refractivity (Wildman–Crippen MR) is 116 cm³/mol. The van der Waals surface area contributed by atoms with E-state index >= 15 is 0 Å². The van der Waals surface area contributed by atoms with Crippen molar-refractivity contribution in [2.45, 2.75) is 19.8 Å². The smallest absolute Gasteiger partial charge is 0.307 e. The van der Waals surface area contributed by atoms with Crippen molar-refractivity contribution in [3.05, 3.63) is 84.2 Å². The lowest BCUT2D eigenvalue weighted by Crippen LogP contribution is -2.07. The largest absolute Gasteiger partial charge is 0.490 e. The fraction of sp³-hybridized carbons (Fsp3) is 0.208. The minimum atomic E-state index is -0.870. The Balaban J connectivity index is 1.52. The van der Waals surface area contributed by atoms with Crippen LogP contribution in [0.15, 0.2) is 78.2 Å². The van der Waals surface area contributed by atoms with E-state index in [1.807, 2.05) is 49.5 Å². The van der Waals surface area contributed by atoms with Crippen LogP contribution in [0.3, 0.4) is 0 Å². The zero-order valence-corrected chi connectivity index (χ0v) is 16.8. The minimum absolute atomic E-state index is 0.0303. The molecule has 1 aromatic heterocycles. The van der Waals surface area contributed by atoms with Crippen LogP contribution >= 0.6 is 0 Å². The van der Waals surface area contributed by atoms with Gasteiger partial charge in [0.1, 0.15) is 12.4 Å². The van der Waals surface area contributed by atoms with Gasteiger partial charge < -0.3 is 14.7 Å². The molecule has 2 aromatic carbocycles. The molecule has 0 saturated carbocycles. The van der Waals surface area contributed by atoms with Crippen molar-refractivity contribution >= 4 is 11.7 Å². The molecule has 0 aliphatic carbocycles. The van der Waals surface area contributed by atoms with Gasteiger partial charge in [0.05, 0.1) is 12.1 Å². The molecule has 0 saturated heterocycles. The molecule has 0 fully saturated rings. The number of hydrogen-bond acceptors (Lipinski definition) is 5. The van der Waals surface area contributed by atoms with Gasteiger partial charge in [-0.25, -0.2) is 0 Å². The Morgan fingerprint density at radius 1 is 1.03 bits per heavy atom. The van der Waals surface area contributed by atoms with Crippen molar-refractivity contribution in [2.24, 2.45) is 5.16 Å². The highest BCUT2D eigenvalue weighted by Crippen LogP contribution is 2.19. The van der Waals surface area contributed by atoms with Crippen molar-refractivity contribution in [1.29, 1.82) is 0 Å². The molecule has 0 spiro atoms. The van der Waals surface area contributed by atoms with Gasteiger partial charge in [-0.15, -0.1) is 0 Å². The first kappa shape index (κ1) is 21.0. The maximum atomic E-state index is 10.8. The lowest BCUT2D eigenvalue weighted by atomic mass is 10.0. The zero-order valence-electron chi connectivity index (χ0n) is 16.8. The molecule has 0 amide bonds. The maximum Gasteiger partial charge on any atom is 0.307 e. The first-order valence-corrected chi connectivity index (χ1v) is 9.79. The van der Waals surface area contributed by atoms with Gasteiger partial charge in [-0.2, -0.15) is 0 Å². The molecule has 0 atom stereocenters. The first-order chi connectivity index (χ1) is 14.7. The Bertz CT molecular complexity index is 986. The topological polar surface area (TPSA) is 81.0 Å². The lowest BCUT2D eigenvalue weighted by Gasteiger charge is -2.08. The number of carboxylic acid groups (broad SMARTS) is 1. The normalized spacial score (nSPS) is 11.2. The highest BCUT2D eigenvalue weighted by atomic mass is 16.6. The van der Waals surface area contributed by atoms with Crippen LogP contribution in [0.2, 0.25) is 0 Å². The van der Waals surface area contributed by atoms with Crippen molar-refractivity contribution in [2.75, 3.05) is 13.2 Å². The predicted octanol–water partition coefficient (Wildman–Crippen LogP) is 4.59. The van der Waals surface area contributed by atoms with E-state index in [-0.39, 0.29) is 6.42 Å². The SMILES string of the molecule is CC/C(=N\OCCOc1cccc(CC(=O)O)c1)c1ccc(-c2cccnc2)cc1. The number of rotatable bonds is 10. The Labute approximate surface area is 175 Å². The molecule has 0 bridgehead atoms. The van der Waals surface area contributed by atoms with Gasteiger partial charge >= 0.3 is 5.97 Å². The quantitative estimate of drug-likeness (QED) is 0.304. The number of aliphatic carboxylic acids is 1. The fourth-order valence-electron chi connectivity index (χ4n) is 2.95. The minimum Gasteiger partial charge on any atom is -0.490 e. The van der Waals surface area contributed by atoms with Gasteiger partial charge in [0.25, 0.3) is 0 Å². The number of ether oxygens (including phenoxy) is 1. The number of benzene rings is 2. The van der Waals surface area contributed by atoms with E-state index in [0.29, 0.717) is 24.5 Å². The van der Waals surface area contributed by atoms with E-state index in [2.05, 4.69) is 10.1 Å². The Morgan fingerprint density at radius 3 is 2.57 bits per heavy atom. The van der Waals surface area contributed by atoms with Crippen LogP contribution in [0.25, 0.3) is 11.1 Å². The van der Waals surface area contributed by atoms with Crippen molar-refractivity contribution in [1.82, 2.24) is 4.98 Å². The zero-order chi connectivity index (χ0) is 21.2. The van der Waals surface area contributed by atoms with Gasteiger partial charge in [-0.3, -0.25) is 9.78 Å². The molecule has 3 rings (SSSR count). The third-order valence-electron chi connectivity index (χ3n) is 4.42. The molecular weight excluding hydrogens is 380 g/mol. The summed E-state index contributed by atoms with van der Waals surface area (Å²) in [5.41, 5.74) is 4.73. The summed E-state index contributed by atoms with van der Waals surface area (Å²) < 4.78 is 5.62. The molecule has 30 heavy (non-hydrogen) atoms. The van der Waals surface area contributed by atoms with E-state index in [4.69, 9.17) is 14.7 Å². The van der Waals surface area contributed by atoms with Crippen molar-refractivity contribution in [3.8, 4) is 16.9 Å². The van der Waals surface area contributed by atoms with Gasteiger partial charge in [-0.1, -0.05) is 54.5 Å². The fourth-order valence-corrected chi connectivity index (χ4v) is 2.95. The molecule has 0 unspecified atom stereocenters. The van der Waals surface area contributed by atoms with E-state index < -0.39 is 5.97 Å². The van der Waals surface area contributed by atoms with Gasteiger partial charge in [0, 0.05) is 12.4 Å². The number of hydrogen-bond donors (Lipinski definition) is 1. The molecule has 6 heteroatoms. The number of carboxylic acids is 1. The highest BCUT2D eigenvalue weighted by molar-refractivity contribution is 6.00. The van der Waals surface area contributed by atoms with Gasteiger partial charge in [0.15, 0.2) is 6.61 Å². The number of pyridine rings is 1. The number of oxime groups is 1. The summed E-state index contributed by atoms with van der Waals surface area (Å²) >= 11 is 0. The van der Waals surface area contributed by atoms with Crippen LogP contribution < -0.4 is 4.74 Å². The summed E-state index contributed by atoms with van der Waals surface area (Å²) in [5.74, 6) is -0.256. The summed E-state index contributed by atoms with van der Waals surface area (Å²) in [4.78, 5) is 20.4. The molecule has 3 aromatic rings. The van der Waals surface area contributed by atoms with Crippen LogP contribution in [0.4, 0.5) is 0 Å². The molecule has 1 heterocycles. The second-order valence-corrected chi connectivity index (χ2v) is 6.61. The summed E-state index contributed by atoms with van der Waals surface area (Å²) in [6, 6.07) is 19.1. The molecule has 1 N–H and O–H groups in total. The average Bonchev–Trinajstić information content (AvgIpc) is 2.77. The van der Waals surface area contributed by atoms with Crippen molar-refractivity contribution < 1.29 is 19.5 Å². The highest BCUT2D eigenvalue weighted by Gasteiger charge is 2.05. The summed E-state index contributed by atoms with van der Waals surface area (Å²) in [6.07, 6.45) is 4.31. The molecule has 0 aliphatic rings. The number of nitrogens with zero attached hydrogens (tertiary/aromatic N) is 2. The number of aromatic nitrogens is 1. The molecule has 6 nitrogen and oxygen atoms in total. The second kappa shape index (κ2) is 10.8. The summed E-state index contributed by atoms with van der Waals surface area (Å²) in [7, 11) is 0. The summed E-state index contributed by atoms with van der Waals surface area (Å²) in [6.45, 7) is 2.64. The van der Waals surface area contributed by atoms with E-state index in [1.165, 1.54) is 0 Å². The first-order valence-electron chi connectivity index (χ1n) is 9.79. The second-order valence-electron chi connectivity index (χ2n) is 6.61. The van der Waals surface area contributed by atoms with Crippen molar-refractivity contribution in [3.63, 3.8) is 0 Å². The van der Waals surface area contributed by atoms with Crippen LogP contribution in [-0.2, 0) is 16.1 Å². The third-order valence-corrected chi connectivity index (χ3v) is 4.42. The third kappa shape index (κ3) is 6.17. The maximum absolute atomic E-state index is 10.8. The Kier molecular flexibility index (Phi) is 7.55. The van der Waals surface area contributed by atoms with E-state index in [0.717, 1.165) is 28.8 Å². The van der Waals surface area contributed by atoms with Gasteiger partial charge in [-0.05, 0) is 46.9 Å².